The molecule has 0 saturated carbocycles. The SMILES string of the molecule is CCC1=C(C)C(Cc2[nH]c(Cc3[nH]c(C[C@@H]4N[C@@H](O)[C@H](C)[C@H]4CC)c(C)c3CCC(=O)O)c(CCC(=O)O)c2C)N2C[C@]12O. The molecule has 44 heavy (non-hydrogen) atoms. The van der Waals surface area contributed by atoms with Crippen molar-refractivity contribution < 1.29 is 30.0 Å². The van der Waals surface area contributed by atoms with Crippen LogP contribution in [0.3, 0.4) is 0 Å². The van der Waals surface area contributed by atoms with Gasteiger partial charge >= 0.3 is 11.9 Å². The third kappa shape index (κ3) is 5.89. The van der Waals surface area contributed by atoms with Crippen LogP contribution in [0.25, 0.3) is 0 Å². The van der Waals surface area contributed by atoms with Crippen LogP contribution in [0.1, 0.15) is 98.4 Å². The largest absolute Gasteiger partial charge is 0.481 e. The number of rotatable bonds is 14. The zero-order valence-electron chi connectivity index (χ0n) is 27.0. The van der Waals surface area contributed by atoms with Gasteiger partial charge in [-0.05, 0) is 79.7 Å². The van der Waals surface area contributed by atoms with E-state index < -0.39 is 23.9 Å². The highest BCUT2D eigenvalue weighted by molar-refractivity contribution is 5.68. The molecule has 2 unspecified atom stereocenters. The lowest BCUT2D eigenvalue weighted by Crippen LogP contribution is -2.33. The van der Waals surface area contributed by atoms with E-state index >= 15 is 0 Å². The first-order chi connectivity index (χ1) is 20.8. The second kappa shape index (κ2) is 12.5. The fourth-order valence-electron chi connectivity index (χ4n) is 8.34. The number of carboxylic acids is 2. The first-order valence-corrected chi connectivity index (χ1v) is 16.3. The first kappa shape index (κ1) is 32.5. The van der Waals surface area contributed by atoms with Gasteiger partial charge in [0.1, 0.15) is 6.23 Å². The number of nitrogens with one attached hydrogen (secondary N) is 3. The summed E-state index contributed by atoms with van der Waals surface area (Å²) in [6.45, 7) is 13.2. The molecule has 0 spiro atoms. The summed E-state index contributed by atoms with van der Waals surface area (Å²) in [5.41, 5.74) is 9.63. The number of hydrogen-bond acceptors (Lipinski definition) is 6. The van der Waals surface area contributed by atoms with E-state index in [9.17, 15) is 30.0 Å². The molecule has 2 aromatic heterocycles. The monoisotopic (exact) mass is 610 g/mol. The lowest BCUT2D eigenvalue weighted by molar-refractivity contribution is -0.138. The van der Waals surface area contributed by atoms with Crippen LogP contribution in [0.15, 0.2) is 11.1 Å². The van der Waals surface area contributed by atoms with Crippen LogP contribution in [-0.4, -0.2) is 77.8 Å². The molecule has 7 atom stereocenters. The highest BCUT2D eigenvalue weighted by Gasteiger charge is 2.61. The molecule has 3 aliphatic heterocycles. The number of aromatic nitrogens is 2. The Morgan fingerprint density at radius 2 is 1.45 bits per heavy atom. The number of hydrogen-bond donors (Lipinski definition) is 7. The Hall–Kier alpha value is -2.92. The van der Waals surface area contributed by atoms with Crippen LogP contribution < -0.4 is 5.32 Å². The van der Waals surface area contributed by atoms with E-state index in [1.807, 2.05) is 6.92 Å². The van der Waals surface area contributed by atoms with Crippen LogP contribution in [0.5, 0.6) is 0 Å². The number of aliphatic hydroxyl groups is 2. The maximum atomic E-state index is 11.6. The summed E-state index contributed by atoms with van der Waals surface area (Å²) < 4.78 is 0. The Balaban J connectivity index is 1.47. The van der Waals surface area contributed by atoms with Crippen molar-refractivity contribution in [3.05, 3.63) is 56.2 Å². The summed E-state index contributed by atoms with van der Waals surface area (Å²) in [4.78, 5) is 32.7. The van der Waals surface area contributed by atoms with E-state index in [1.165, 1.54) is 5.57 Å². The molecule has 5 rings (SSSR count). The van der Waals surface area contributed by atoms with Crippen LogP contribution in [0.2, 0.25) is 0 Å². The predicted molar refractivity (Wildman–Crippen MR) is 167 cm³/mol. The average Bonchev–Trinajstić information content (AvgIpc) is 3.14. The molecule has 0 aliphatic carbocycles. The number of aromatic amines is 2. The Morgan fingerprint density at radius 3 is 1.93 bits per heavy atom. The number of carbonyl (C=O) groups is 2. The highest BCUT2D eigenvalue weighted by atomic mass is 16.4. The molecule has 7 N–H and O–H groups in total. The maximum absolute atomic E-state index is 11.6. The molecule has 2 saturated heterocycles. The standard InChI is InChI=1S/C34H50N4O6/c1-7-21-19(5)33(43)37-27(21)13-25-17(3)22(9-11-31(39)40)28(35-25)14-29-23(10-12-32(41)42)18(4)26(36-29)15-30-20(6)24(8-2)34(44)16-38(30)34/h19,21,27,30,33,35-37,43-44H,7-16H2,1-6H3,(H,39,40)(H,41,42)/t19-,21-,27+,30?,33+,34+,38?/m1/s1. The van der Waals surface area contributed by atoms with Crippen molar-refractivity contribution >= 4 is 11.9 Å². The molecule has 242 valence electrons. The van der Waals surface area contributed by atoms with Crippen LogP contribution in [0.4, 0.5) is 0 Å². The second-order valence-corrected chi connectivity index (χ2v) is 13.4. The van der Waals surface area contributed by atoms with Crippen molar-refractivity contribution in [2.24, 2.45) is 11.8 Å². The van der Waals surface area contributed by atoms with E-state index in [0.29, 0.717) is 44.6 Å². The van der Waals surface area contributed by atoms with Crippen LogP contribution in [-0.2, 0) is 41.7 Å². The lowest BCUT2D eigenvalue weighted by Gasteiger charge is -2.20. The summed E-state index contributed by atoms with van der Waals surface area (Å²) in [5.74, 6) is -1.21. The summed E-state index contributed by atoms with van der Waals surface area (Å²) in [5, 5.41) is 44.0. The van der Waals surface area contributed by atoms with E-state index in [0.717, 1.165) is 63.4 Å². The van der Waals surface area contributed by atoms with Crippen molar-refractivity contribution in [2.45, 2.75) is 123 Å². The van der Waals surface area contributed by atoms with Crippen molar-refractivity contribution in [1.82, 2.24) is 20.2 Å². The molecule has 2 fully saturated rings. The van der Waals surface area contributed by atoms with Gasteiger partial charge in [-0.2, -0.15) is 0 Å². The van der Waals surface area contributed by atoms with E-state index in [4.69, 9.17) is 0 Å². The zero-order valence-corrected chi connectivity index (χ0v) is 27.0. The van der Waals surface area contributed by atoms with E-state index in [-0.39, 0.29) is 30.8 Å². The Morgan fingerprint density at radius 1 is 0.909 bits per heavy atom. The van der Waals surface area contributed by atoms with Gasteiger partial charge in [0.25, 0.3) is 0 Å². The van der Waals surface area contributed by atoms with E-state index in [2.05, 4.69) is 54.8 Å². The van der Waals surface area contributed by atoms with Crippen molar-refractivity contribution in [2.75, 3.05) is 6.54 Å². The van der Waals surface area contributed by atoms with Gasteiger partial charge < -0.3 is 30.4 Å². The normalized spacial score (nSPS) is 29.5. The summed E-state index contributed by atoms with van der Waals surface area (Å²) in [6.07, 6.45) is 3.99. The van der Waals surface area contributed by atoms with Gasteiger partial charge in [0, 0.05) is 73.5 Å². The molecular formula is C34H50N4O6. The average molecular weight is 611 g/mol. The Bertz CT molecular complexity index is 1460. The molecule has 10 nitrogen and oxygen atoms in total. The van der Waals surface area contributed by atoms with Gasteiger partial charge in [-0.1, -0.05) is 32.8 Å². The first-order valence-electron chi connectivity index (χ1n) is 16.3. The molecule has 0 aromatic carbocycles. The summed E-state index contributed by atoms with van der Waals surface area (Å²) in [7, 11) is 0. The third-order valence-electron chi connectivity index (χ3n) is 11.0. The quantitative estimate of drug-likeness (QED) is 0.126. The minimum atomic E-state index is -0.847. The fraction of sp³-hybridized carbons (Fsp3) is 0.647. The van der Waals surface area contributed by atoms with Gasteiger partial charge in [-0.3, -0.25) is 19.8 Å². The number of carboxylic acid groups (broad SMARTS) is 2. The number of H-pyrrole nitrogens is 2. The second-order valence-electron chi connectivity index (χ2n) is 13.4. The number of nitrogens with zero attached hydrogens (tertiary/aromatic N) is 1. The zero-order chi connectivity index (χ0) is 32.1. The maximum Gasteiger partial charge on any atom is 0.303 e. The van der Waals surface area contributed by atoms with Gasteiger partial charge in [-0.25, -0.2) is 0 Å². The van der Waals surface area contributed by atoms with Crippen LogP contribution in [0, 0.1) is 25.7 Å². The molecule has 10 heteroatoms. The molecule has 0 radical (unpaired) electrons. The topological polar surface area (TPSA) is 162 Å². The summed E-state index contributed by atoms with van der Waals surface area (Å²) in [6, 6.07) is 0.209. The Labute approximate surface area is 259 Å². The van der Waals surface area contributed by atoms with Crippen LogP contribution >= 0.6 is 0 Å². The summed E-state index contributed by atoms with van der Waals surface area (Å²) >= 11 is 0. The van der Waals surface area contributed by atoms with Gasteiger partial charge in [0.2, 0.25) is 0 Å². The molecule has 2 aromatic rings. The fourth-order valence-corrected chi connectivity index (χ4v) is 8.34. The number of aliphatic carboxylic acids is 2. The molecule has 0 amide bonds. The number of fused-ring (bicyclic) bond motifs is 1. The van der Waals surface area contributed by atoms with Crippen molar-refractivity contribution in [3.63, 3.8) is 0 Å². The van der Waals surface area contributed by atoms with Crippen molar-refractivity contribution in [3.8, 4) is 0 Å². The van der Waals surface area contributed by atoms with Crippen molar-refractivity contribution in [1.29, 1.82) is 0 Å². The predicted octanol–water partition coefficient (Wildman–Crippen LogP) is 3.74. The van der Waals surface area contributed by atoms with Gasteiger partial charge in [0.15, 0.2) is 5.72 Å². The molecule has 0 bridgehead atoms. The minimum absolute atomic E-state index is 0.0203. The van der Waals surface area contributed by atoms with E-state index in [1.54, 1.807) is 0 Å². The lowest BCUT2D eigenvalue weighted by atomic mass is 9.86. The molecule has 3 aliphatic rings. The Kier molecular flexibility index (Phi) is 9.20. The third-order valence-corrected chi connectivity index (χ3v) is 11.0. The highest BCUT2D eigenvalue weighted by Crippen LogP contribution is 2.50. The molecular weight excluding hydrogens is 560 g/mol. The number of aliphatic hydroxyl groups excluding tert-OH is 1. The van der Waals surface area contributed by atoms with Gasteiger partial charge in [-0.15, -0.1) is 0 Å². The smallest absolute Gasteiger partial charge is 0.303 e. The minimum Gasteiger partial charge on any atom is -0.481 e. The molecule has 5 heterocycles. The van der Waals surface area contributed by atoms with Gasteiger partial charge in [0.05, 0.1) is 0 Å².